The van der Waals surface area contributed by atoms with Crippen molar-refractivity contribution in [1.29, 1.82) is 0 Å². The maximum absolute atomic E-state index is 12.5. The van der Waals surface area contributed by atoms with E-state index in [2.05, 4.69) is 10.1 Å². The van der Waals surface area contributed by atoms with Gasteiger partial charge in [0.15, 0.2) is 0 Å². The number of halogens is 2. The van der Waals surface area contributed by atoms with Crippen LogP contribution in [0.25, 0.3) is 15.4 Å². The third-order valence-corrected chi connectivity index (χ3v) is 5.69. The standard InChI is InChI=1S/C19H11Cl2N3O2S/c20-13-7-6-12(9-14(13)21)16-10-17(25)24-19(27-16)22-18(26)15(23-24)8-11-4-2-1-3-5-11/h1-7,9-10H,8H2. The fourth-order valence-corrected chi connectivity index (χ4v) is 3.85. The molecular formula is C19H11Cl2N3O2S. The minimum absolute atomic E-state index is 0.227. The second-order valence-corrected chi connectivity index (χ2v) is 7.62. The summed E-state index contributed by atoms with van der Waals surface area (Å²) in [6, 6.07) is 16.0. The number of fused-ring (bicyclic) bond motifs is 1. The normalized spacial score (nSPS) is 11.0. The van der Waals surface area contributed by atoms with E-state index < -0.39 is 5.56 Å². The van der Waals surface area contributed by atoms with Gasteiger partial charge < -0.3 is 0 Å². The summed E-state index contributed by atoms with van der Waals surface area (Å²) in [4.78, 5) is 29.8. The topological polar surface area (TPSA) is 64.3 Å². The summed E-state index contributed by atoms with van der Waals surface area (Å²) in [6.45, 7) is 0. The molecule has 0 bridgehead atoms. The van der Waals surface area contributed by atoms with Crippen LogP contribution < -0.4 is 11.1 Å². The van der Waals surface area contributed by atoms with E-state index >= 15 is 0 Å². The minimum atomic E-state index is -0.444. The molecule has 0 N–H and O–H groups in total. The van der Waals surface area contributed by atoms with Crippen LogP contribution in [0, 0.1) is 0 Å². The molecule has 0 saturated heterocycles. The van der Waals surface area contributed by atoms with Gasteiger partial charge in [-0.2, -0.15) is 14.6 Å². The monoisotopic (exact) mass is 415 g/mol. The average molecular weight is 416 g/mol. The van der Waals surface area contributed by atoms with Gasteiger partial charge in [0.1, 0.15) is 5.69 Å². The molecule has 5 nitrogen and oxygen atoms in total. The van der Waals surface area contributed by atoms with Gasteiger partial charge in [0, 0.05) is 17.4 Å². The van der Waals surface area contributed by atoms with Crippen molar-refractivity contribution < 1.29 is 0 Å². The van der Waals surface area contributed by atoms with Crippen molar-refractivity contribution in [2.45, 2.75) is 6.42 Å². The molecule has 0 unspecified atom stereocenters. The zero-order valence-electron chi connectivity index (χ0n) is 13.7. The van der Waals surface area contributed by atoms with Crippen molar-refractivity contribution in [2.75, 3.05) is 0 Å². The molecule has 0 aliphatic heterocycles. The van der Waals surface area contributed by atoms with Crippen LogP contribution in [-0.4, -0.2) is 14.6 Å². The van der Waals surface area contributed by atoms with E-state index in [0.29, 0.717) is 21.3 Å². The lowest BCUT2D eigenvalue weighted by atomic mass is 10.1. The smallest absolute Gasteiger partial charge is 0.267 e. The van der Waals surface area contributed by atoms with Crippen molar-refractivity contribution in [3.05, 3.63) is 96.6 Å². The molecule has 4 rings (SSSR count). The molecule has 0 aliphatic carbocycles. The van der Waals surface area contributed by atoms with E-state index in [4.69, 9.17) is 23.2 Å². The van der Waals surface area contributed by atoms with Crippen LogP contribution >= 0.6 is 34.5 Å². The van der Waals surface area contributed by atoms with Crippen LogP contribution in [0.1, 0.15) is 11.3 Å². The number of benzene rings is 2. The first-order valence-corrected chi connectivity index (χ1v) is 9.52. The molecule has 134 valence electrons. The summed E-state index contributed by atoms with van der Waals surface area (Å²) in [7, 11) is 0. The van der Waals surface area contributed by atoms with Crippen LogP contribution in [0.5, 0.6) is 0 Å². The molecule has 2 aromatic heterocycles. The lowest BCUT2D eigenvalue weighted by molar-refractivity contribution is 0.808. The molecular weight excluding hydrogens is 405 g/mol. The first kappa shape index (κ1) is 17.9. The third-order valence-electron chi connectivity index (χ3n) is 3.93. The van der Waals surface area contributed by atoms with Crippen LogP contribution in [0.2, 0.25) is 10.0 Å². The molecule has 27 heavy (non-hydrogen) atoms. The summed E-state index contributed by atoms with van der Waals surface area (Å²) in [5.41, 5.74) is 1.06. The number of hydrogen-bond donors (Lipinski definition) is 0. The van der Waals surface area contributed by atoms with Gasteiger partial charge in [-0.1, -0.05) is 70.9 Å². The van der Waals surface area contributed by atoms with E-state index in [-0.39, 0.29) is 16.2 Å². The molecule has 4 aromatic rings. The Morgan fingerprint density at radius 1 is 0.963 bits per heavy atom. The number of rotatable bonds is 3. The lowest BCUT2D eigenvalue weighted by Crippen LogP contribution is -2.25. The van der Waals surface area contributed by atoms with Crippen molar-refractivity contribution in [1.82, 2.24) is 14.6 Å². The van der Waals surface area contributed by atoms with Gasteiger partial charge in [-0.05, 0) is 23.3 Å². The van der Waals surface area contributed by atoms with Gasteiger partial charge in [-0.3, -0.25) is 9.59 Å². The summed E-state index contributed by atoms with van der Waals surface area (Å²) >= 11 is 13.2. The summed E-state index contributed by atoms with van der Waals surface area (Å²) in [5, 5.41) is 5.04. The maximum Gasteiger partial charge on any atom is 0.296 e. The molecule has 8 heteroatoms. The Bertz CT molecular complexity index is 1270. The number of hydrogen-bond acceptors (Lipinski definition) is 5. The van der Waals surface area contributed by atoms with Crippen LogP contribution in [0.3, 0.4) is 0 Å². The SMILES string of the molecule is O=c1nc2sc(-c3ccc(Cl)c(Cl)c3)cc(=O)n2nc1Cc1ccccc1. The van der Waals surface area contributed by atoms with Crippen molar-refractivity contribution in [3.63, 3.8) is 0 Å². The predicted octanol–water partition coefficient (Wildman–Crippen LogP) is 4.08. The summed E-state index contributed by atoms with van der Waals surface area (Å²) in [5.74, 6) is 0. The number of aromatic nitrogens is 3. The highest BCUT2D eigenvalue weighted by atomic mass is 35.5. The molecule has 0 radical (unpaired) electrons. The molecule has 0 saturated carbocycles. The quantitative estimate of drug-likeness (QED) is 0.505. The highest BCUT2D eigenvalue weighted by molar-refractivity contribution is 7.19. The Morgan fingerprint density at radius 2 is 1.74 bits per heavy atom. The van der Waals surface area contributed by atoms with Gasteiger partial charge in [0.25, 0.3) is 11.1 Å². The van der Waals surface area contributed by atoms with Crippen molar-refractivity contribution in [2.24, 2.45) is 0 Å². The highest BCUT2D eigenvalue weighted by Gasteiger charge is 2.12. The van der Waals surface area contributed by atoms with E-state index in [9.17, 15) is 9.59 Å². The van der Waals surface area contributed by atoms with Gasteiger partial charge >= 0.3 is 0 Å². The van der Waals surface area contributed by atoms with Gasteiger partial charge in [0.2, 0.25) is 4.96 Å². The molecule has 0 spiro atoms. The zero-order chi connectivity index (χ0) is 19.0. The summed E-state index contributed by atoms with van der Waals surface area (Å²) in [6.07, 6.45) is 0.314. The Morgan fingerprint density at radius 3 is 2.48 bits per heavy atom. The Labute approximate surface area is 167 Å². The fraction of sp³-hybridized carbons (Fsp3) is 0.0526. The van der Waals surface area contributed by atoms with Gasteiger partial charge in [-0.15, -0.1) is 0 Å². The van der Waals surface area contributed by atoms with Gasteiger partial charge in [-0.25, -0.2) is 0 Å². The molecule has 2 aromatic carbocycles. The average Bonchev–Trinajstić information content (AvgIpc) is 2.66. The lowest BCUT2D eigenvalue weighted by Gasteiger charge is -2.06. The molecule has 0 atom stereocenters. The second-order valence-electron chi connectivity index (χ2n) is 5.80. The fourth-order valence-electron chi connectivity index (χ4n) is 2.61. The maximum atomic E-state index is 12.5. The predicted molar refractivity (Wildman–Crippen MR) is 108 cm³/mol. The zero-order valence-corrected chi connectivity index (χ0v) is 16.1. The van der Waals surface area contributed by atoms with Crippen LogP contribution in [-0.2, 0) is 6.42 Å². The third kappa shape index (κ3) is 3.64. The van der Waals surface area contributed by atoms with E-state index in [1.54, 1.807) is 18.2 Å². The first-order chi connectivity index (χ1) is 13.0. The van der Waals surface area contributed by atoms with Crippen LogP contribution in [0.15, 0.2) is 64.2 Å². The molecule has 0 amide bonds. The number of nitrogens with zero attached hydrogens (tertiary/aromatic N) is 3. The Kier molecular flexibility index (Phi) is 4.78. The van der Waals surface area contributed by atoms with Crippen LogP contribution in [0.4, 0.5) is 0 Å². The van der Waals surface area contributed by atoms with Crippen molar-refractivity contribution >= 4 is 39.5 Å². The Hall–Kier alpha value is -2.54. The van der Waals surface area contributed by atoms with Gasteiger partial charge in [0.05, 0.1) is 10.0 Å². The molecule has 0 aliphatic rings. The van der Waals surface area contributed by atoms with E-state index in [0.717, 1.165) is 15.6 Å². The molecule has 0 fully saturated rings. The minimum Gasteiger partial charge on any atom is -0.267 e. The largest absolute Gasteiger partial charge is 0.296 e. The highest BCUT2D eigenvalue weighted by Crippen LogP contribution is 2.30. The molecule has 2 heterocycles. The van der Waals surface area contributed by atoms with E-state index in [1.165, 1.54) is 17.4 Å². The Balaban J connectivity index is 1.82. The second kappa shape index (κ2) is 7.23. The van der Waals surface area contributed by atoms with Crippen molar-refractivity contribution in [3.8, 4) is 10.4 Å². The summed E-state index contributed by atoms with van der Waals surface area (Å²) < 4.78 is 1.16. The van der Waals surface area contributed by atoms with E-state index in [1.807, 2.05) is 30.3 Å². The first-order valence-electron chi connectivity index (χ1n) is 7.95.